The first-order valence-corrected chi connectivity index (χ1v) is 9.02. The van der Waals surface area contributed by atoms with Gasteiger partial charge in [-0.25, -0.2) is 4.79 Å². The van der Waals surface area contributed by atoms with Gasteiger partial charge in [-0.1, -0.05) is 55.8 Å². The van der Waals surface area contributed by atoms with Crippen molar-refractivity contribution in [2.75, 3.05) is 0 Å². The SMILES string of the molecule is CC[C@H](C)[C@H](NC(=O)OC(C)(C)C)C(=O)C1CC(c2ccccc2)=NO1. The molecule has 0 saturated carbocycles. The standard InChI is InChI=1S/C20H28N2O4/c1-6-13(2)17(21-19(24)25-20(3,4)5)18(23)16-12-15(22-26-16)14-10-8-7-9-11-14/h7-11,13,16-17H,6,12H2,1-5H3,(H,21,24)/t13-,16?,17-/m0/s1. The van der Waals surface area contributed by atoms with Crippen molar-refractivity contribution in [2.24, 2.45) is 11.1 Å². The van der Waals surface area contributed by atoms with Crippen LogP contribution in [0.15, 0.2) is 35.5 Å². The van der Waals surface area contributed by atoms with E-state index in [1.807, 2.05) is 44.2 Å². The number of oxime groups is 1. The monoisotopic (exact) mass is 360 g/mol. The molecule has 0 bridgehead atoms. The predicted octanol–water partition coefficient (Wildman–Crippen LogP) is 3.69. The summed E-state index contributed by atoms with van der Waals surface area (Å²) in [6.07, 6.45) is -0.158. The highest BCUT2D eigenvalue weighted by Gasteiger charge is 2.37. The van der Waals surface area contributed by atoms with Crippen LogP contribution in [-0.2, 0) is 14.4 Å². The first-order chi connectivity index (χ1) is 12.2. The maximum atomic E-state index is 13.0. The number of carbonyl (C=O) groups is 2. The summed E-state index contributed by atoms with van der Waals surface area (Å²) in [6, 6.07) is 8.94. The first kappa shape index (κ1) is 19.9. The Hall–Kier alpha value is -2.37. The molecule has 6 nitrogen and oxygen atoms in total. The highest BCUT2D eigenvalue weighted by molar-refractivity contribution is 6.05. The van der Waals surface area contributed by atoms with Gasteiger partial charge in [0.05, 0.1) is 11.8 Å². The predicted molar refractivity (Wildman–Crippen MR) is 100 cm³/mol. The summed E-state index contributed by atoms with van der Waals surface area (Å²) in [5, 5.41) is 6.78. The van der Waals surface area contributed by atoms with E-state index >= 15 is 0 Å². The van der Waals surface area contributed by atoms with Crippen LogP contribution in [0.2, 0.25) is 0 Å². The minimum atomic E-state index is -0.695. The second-order valence-electron chi connectivity index (χ2n) is 7.61. The van der Waals surface area contributed by atoms with E-state index in [0.717, 1.165) is 17.7 Å². The van der Waals surface area contributed by atoms with Gasteiger partial charge in [-0.15, -0.1) is 0 Å². The minimum absolute atomic E-state index is 0.0422. The van der Waals surface area contributed by atoms with E-state index in [-0.39, 0.29) is 11.7 Å². The summed E-state index contributed by atoms with van der Waals surface area (Å²) in [4.78, 5) is 30.5. The molecule has 0 aliphatic carbocycles. The van der Waals surface area contributed by atoms with Gasteiger partial charge < -0.3 is 14.9 Å². The highest BCUT2D eigenvalue weighted by atomic mass is 16.6. The quantitative estimate of drug-likeness (QED) is 0.839. The van der Waals surface area contributed by atoms with E-state index in [2.05, 4.69) is 10.5 Å². The molecule has 0 spiro atoms. The Morgan fingerprint density at radius 3 is 2.54 bits per heavy atom. The molecular weight excluding hydrogens is 332 g/mol. The first-order valence-electron chi connectivity index (χ1n) is 9.02. The largest absolute Gasteiger partial charge is 0.444 e. The molecule has 1 N–H and O–H groups in total. The average Bonchev–Trinajstić information content (AvgIpc) is 3.08. The van der Waals surface area contributed by atoms with Crippen LogP contribution < -0.4 is 5.32 Å². The third kappa shape index (κ3) is 5.31. The van der Waals surface area contributed by atoms with Gasteiger partial charge in [-0.2, -0.15) is 0 Å². The van der Waals surface area contributed by atoms with E-state index in [4.69, 9.17) is 9.57 Å². The van der Waals surface area contributed by atoms with Gasteiger partial charge in [-0.3, -0.25) is 4.79 Å². The molecule has 0 fully saturated rings. The van der Waals surface area contributed by atoms with Crippen molar-refractivity contribution in [3.05, 3.63) is 35.9 Å². The lowest BCUT2D eigenvalue weighted by molar-refractivity contribution is -0.132. The average molecular weight is 360 g/mol. The van der Waals surface area contributed by atoms with Gasteiger partial charge in [-0.05, 0) is 32.3 Å². The van der Waals surface area contributed by atoms with Gasteiger partial charge in [0.1, 0.15) is 5.60 Å². The second-order valence-corrected chi connectivity index (χ2v) is 7.61. The van der Waals surface area contributed by atoms with Gasteiger partial charge in [0.2, 0.25) is 0 Å². The molecule has 142 valence electrons. The molecular formula is C20H28N2O4. The number of Topliss-reactive ketones (excluding diaryl/α,β-unsaturated/α-hetero) is 1. The number of hydrogen-bond acceptors (Lipinski definition) is 5. The Kier molecular flexibility index (Phi) is 6.40. The van der Waals surface area contributed by atoms with Crippen LogP contribution in [0.25, 0.3) is 0 Å². The lowest BCUT2D eigenvalue weighted by atomic mass is 9.91. The number of carbonyl (C=O) groups excluding carboxylic acids is 2. The molecule has 1 aliphatic heterocycles. The molecule has 1 aromatic rings. The number of ether oxygens (including phenoxy) is 1. The van der Waals surface area contributed by atoms with E-state index in [1.165, 1.54) is 0 Å². The molecule has 3 atom stereocenters. The molecule has 1 heterocycles. The van der Waals surface area contributed by atoms with Crippen molar-refractivity contribution in [3.8, 4) is 0 Å². The number of alkyl carbamates (subject to hydrolysis) is 1. The Labute approximate surface area is 154 Å². The zero-order chi connectivity index (χ0) is 19.3. The van der Waals surface area contributed by atoms with E-state index in [0.29, 0.717) is 6.42 Å². The van der Waals surface area contributed by atoms with Crippen molar-refractivity contribution in [1.82, 2.24) is 5.32 Å². The van der Waals surface area contributed by atoms with Crippen LogP contribution in [0.5, 0.6) is 0 Å². The lowest BCUT2D eigenvalue weighted by Crippen LogP contribution is -2.50. The Bertz CT molecular complexity index is 664. The maximum absolute atomic E-state index is 13.0. The number of nitrogens with one attached hydrogen (secondary N) is 1. The number of rotatable bonds is 6. The zero-order valence-corrected chi connectivity index (χ0v) is 16.1. The normalized spacial score (nSPS) is 19.1. The van der Waals surface area contributed by atoms with Crippen LogP contribution in [0.3, 0.4) is 0 Å². The molecule has 0 radical (unpaired) electrons. The van der Waals surface area contributed by atoms with E-state index in [1.54, 1.807) is 20.8 Å². The van der Waals surface area contributed by atoms with Gasteiger partial charge in [0.25, 0.3) is 0 Å². The van der Waals surface area contributed by atoms with Gasteiger partial charge in [0.15, 0.2) is 11.9 Å². The number of hydrogen-bond donors (Lipinski definition) is 1. The zero-order valence-electron chi connectivity index (χ0n) is 16.1. The molecule has 2 rings (SSSR count). The molecule has 1 amide bonds. The van der Waals surface area contributed by atoms with Crippen LogP contribution in [0.1, 0.15) is 53.0 Å². The summed E-state index contributed by atoms with van der Waals surface area (Å²) in [5.74, 6) is -0.223. The van der Waals surface area contributed by atoms with Crippen LogP contribution in [-0.4, -0.2) is 35.3 Å². The number of amides is 1. The smallest absolute Gasteiger partial charge is 0.408 e. The summed E-state index contributed by atoms with van der Waals surface area (Å²) in [7, 11) is 0. The summed E-state index contributed by atoms with van der Waals surface area (Å²) in [5.41, 5.74) is 1.05. The lowest BCUT2D eigenvalue weighted by Gasteiger charge is -2.27. The van der Waals surface area contributed by atoms with E-state index < -0.39 is 23.8 Å². The van der Waals surface area contributed by atoms with Crippen molar-refractivity contribution >= 4 is 17.6 Å². The minimum Gasteiger partial charge on any atom is -0.444 e. The van der Waals surface area contributed by atoms with Crippen LogP contribution in [0.4, 0.5) is 4.79 Å². The number of benzene rings is 1. The molecule has 1 aliphatic rings. The third-order valence-corrected chi connectivity index (χ3v) is 4.28. The second kappa shape index (κ2) is 8.34. The highest BCUT2D eigenvalue weighted by Crippen LogP contribution is 2.21. The van der Waals surface area contributed by atoms with Crippen LogP contribution in [0, 0.1) is 5.92 Å². The van der Waals surface area contributed by atoms with E-state index in [9.17, 15) is 9.59 Å². The molecule has 1 unspecified atom stereocenters. The molecule has 1 aromatic carbocycles. The topological polar surface area (TPSA) is 77.0 Å². The summed E-state index contributed by atoms with van der Waals surface area (Å²) < 4.78 is 5.29. The molecule has 6 heteroatoms. The fourth-order valence-electron chi connectivity index (χ4n) is 2.70. The summed E-state index contributed by atoms with van der Waals surface area (Å²) >= 11 is 0. The third-order valence-electron chi connectivity index (χ3n) is 4.28. The molecule has 0 saturated heterocycles. The molecule has 0 aromatic heterocycles. The Balaban J connectivity index is 2.05. The maximum Gasteiger partial charge on any atom is 0.408 e. The van der Waals surface area contributed by atoms with Gasteiger partial charge >= 0.3 is 6.09 Å². The summed E-state index contributed by atoms with van der Waals surface area (Å²) in [6.45, 7) is 9.25. The Morgan fingerprint density at radius 1 is 1.31 bits per heavy atom. The van der Waals surface area contributed by atoms with Gasteiger partial charge in [0, 0.05) is 6.42 Å². The number of ketones is 1. The van der Waals surface area contributed by atoms with Crippen molar-refractivity contribution < 1.29 is 19.2 Å². The van der Waals surface area contributed by atoms with Crippen LogP contribution >= 0.6 is 0 Å². The van der Waals surface area contributed by atoms with Crippen molar-refractivity contribution in [1.29, 1.82) is 0 Å². The molecule has 26 heavy (non-hydrogen) atoms. The number of nitrogens with zero attached hydrogens (tertiary/aromatic N) is 1. The fourth-order valence-corrected chi connectivity index (χ4v) is 2.70. The Morgan fingerprint density at radius 2 is 1.96 bits per heavy atom. The van der Waals surface area contributed by atoms with Crippen molar-refractivity contribution in [3.63, 3.8) is 0 Å². The fraction of sp³-hybridized carbons (Fsp3) is 0.550. The van der Waals surface area contributed by atoms with Crippen molar-refractivity contribution in [2.45, 2.75) is 65.2 Å².